The van der Waals surface area contributed by atoms with Gasteiger partial charge in [-0.3, -0.25) is 0 Å². The monoisotopic (exact) mass is 251 g/mol. The molecule has 0 aliphatic carbocycles. The predicted molar refractivity (Wildman–Crippen MR) is 71.3 cm³/mol. The molecule has 1 saturated heterocycles. The second-order valence-electron chi connectivity index (χ2n) is 5.31. The van der Waals surface area contributed by atoms with Crippen molar-refractivity contribution in [1.82, 2.24) is 5.32 Å². The highest BCUT2D eigenvalue weighted by molar-refractivity contribution is 5.21. The Kier molecular flexibility index (Phi) is 5.00. The van der Waals surface area contributed by atoms with Gasteiger partial charge in [-0.15, -0.1) is 0 Å². The number of halogens is 1. The highest BCUT2D eigenvalue weighted by Crippen LogP contribution is 2.19. The molecular formula is C15H22FNO. The molecule has 0 bridgehead atoms. The summed E-state index contributed by atoms with van der Waals surface area (Å²) in [6.45, 7) is 5.27. The molecule has 2 atom stereocenters. The summed E-state index contributed by atoms with van der Waals surface area (Å²) in [4.78, 5) is 0. The second kappa shape index (κ2) is 6.74. The number of ether oxygens (including phenoxy) is 1. The Hall–Kier alpha value is -1.09. The van der Waals surface area contributed by atoms with E-state index in [9.17, 15) is 4.39 Å². The fourth-order valence-electron chi connectivity index (χ4n) is 2.33. The largest absolute Gasteiger partial charge is 0.493 e. The van der Waals surface area contributed by atoms with Gasteiger partial charge in [-0.05, 0) is 68.5 Å². The van der Waals surface area contributed by atoms with Gasteiger partial charge in [0, 0.05) is 0 Å². The van der Waals surface area contributed by atoms with E-state index in [0.717, 1.165) is 11.7 Å². The lowest BCUT2D eigenvalue weighted by Gasteiger charge is -2.15. The summed E-state index contributed by atoms with van der Waals surface area (Å²) in [5.74, 6) is 1.93. The Morgan fingerprint density at radius 3 is 2.83 bits per heavy atom. The summed E-state index contributed by atoms with van der Waals surface area (Å²) < 4.78 is 18.4. The first-order valence-corrected chi connectivity index (χ1v) is 6.83. The van der Waals surface area contributed by atoms with Crippen LogP contribution in [0.25, 0.3) is 0 Å². The molecule has 1 aromatic rings. The van der Waals surface area contributed by atoms with Crippen molar-refractivity contribution in [3.8, 4) is 5.75 Å². The Balaban J connectivity index is 1.64. The lowest BCUT2D eigenvalue weighted by molar-refractivity contribution is 0.243. The molecule has 100 valence electrons. The van der Waals surface area contributed by atoms with Crippen molar-refractivity contribution in [1.29, 1.82) is 0 Å². The third-order valence-corrected chi connectivity index (χ3v) is 3.58. The van der Waals surface area contributed by atoms with E-state index in [1.54, 1.807) is 12.1 Å². The normalized spacial score (nSPS) is 20.9. The summed E-state index contributed by atoms with van der Waals surface area (Å²) in [5.41, 5.74) is 0. The van der Waals surface area contributed by atoms with E-state index < -0.39 is 0 Å². The van der Waals surface area contributed by atoms with E-state index in [2.05, 4.69) is 12.2 Å². The molecule has 0 radical (unpaired) electrons. The van der Waals surface area contributed by atoms with E-state index in [1.807, 2.05) is 0 Å². The van der Waals surface area contributed by atoms with E-state index in [0.29, 0.717) is 12.5 Å². The molecule has 1 fully saturated rings. The Bertz CT molecular complexity index is 346. The van der Waals surface area contributed by atoms with Crippen LogP contribution in [0, 0.1) is 17.7 Å². The molecule has 1 aromatic carbocycles. The van der Waals surface area contributed by atoms with Crippen molar-refractivity contribution in [3.63, 3.8) is 0 Å². The number of hydrogen-bond donors (Lipinski definition) is 1. The third-order valence-electron chi connectivity index (χ3n) is 3.58. The molecular weight excluding hydrogens is 229 g/mol. The number of benzene rings is 1. The van der Waals surface area contributed by atoms with Gasteiger partial charge in [0.25, 0.3) is 0 Å². The molecule has 0 saturated carbocycles. The fourth-order valence-corrected chi connectivity index (χ4v) is 2.33. The lowest BCUT2D eigenvalue weighted by Crippen LogP contribution is -2.13. The summed E-state index contributed by atoms with van der Waals surface area (Å²) in [6, 6.07) is 6.24. The molecule has 2 nitrogen and oxygen atoms in total. The van der Waals surface area contributed by atoms with Crippen molar-refractivity contribution < 1.29 is 9.13 Å². The van der Waals surface area contributed by atoms with Gasteiger partial charge in [0.05, 0.1) is 6.61 Å². The zero-order chi connectivity index (χ0) is 12.8. The molecule has 1 aliphatic rings. The van der Waals surface area contributed by atoms with Crippen molar-refractivity contribution in [2.45, 2.75) is 26.2 Å². The SMILES string of the molecule is CC(CCC1CCNC1)COc1ccc(F)cc1. The van der Waals surface area contributed by atoms with Gasteiger partial charge in [-0.1, -0.05) is 6.92 Å². The summed E-state index contributed by atoms with van der Waals surface area (Å²) in [5, 5.41) is 3.39. The second-order valence-corrected chi connectivity index (χ2v) is 5.31. The number of rotatable bonds is 6. The topological polar surface area (TPSA) is 21.3 Å². The van der Waals surface area contributed by atoms with Crippen LogP contribution in [-0.4, -0.2) is 19.7 Å². The van der Waals surface area contributed by atoms with Crippen LogP contribution in [0.2, 0.25) is 0 Å². The van der Waals surface area contributed by atoms with E-state index in [4.69, 9.17) is 4.74 Å². The number of hydrogen-bond acceptors (Lipinski definition) is 2. The highest BCUT2D eigenvalue weighted by Gasteiger charge is 2.15. The first-order valence-electron chi connectivity index (χ1n) is 6.83. The minimum Gasteiger partial charge on any atom is -0.493 e. The molecule has 2 unspecified atom stereocenters. The van der Waals surface area contributed by atoms with Gasteiger partial charge in [-0.2, -0.15) is 0 Å². The van der Waals surface area contributed by atoms with Crippen LogP contribution in [0.1, 0.15) is 26.2 Å². The maximum atomic E-state index is 12.7. The van der Waals surface area contributed by atoms with Crippen LogP contribution in [0.3, 0.4) is 0 Å². The standard InChI is InChI=1S/C15H22FNO/c1-12(2-3-13-8-9-17-10-13)11-18-15-6-4-14(16)5-7-15/h4-7,12-13,17H,2-3,8-11H2,1H3. The average molecular weight is 251 g/mol. The van der Waals surface area contributed by atoms with Gasteiger partial charge in [0.2, 0.25) is 0 Å². The van der Waals surface area contributed by atoms with E-state index >= 15 is 0 Å². The van der Waals surface area contributed by atoms with Crippen LogP contribution in [0.15, 0.2) is 24.3 Å². The average Bonchev–Trinajstić information content (AvgIpc) is 2.89. The van der Waals surface area contributed by atoms with E-state index in [1.165, 1.54) is 44.5 Å². The van der Waals surface area contributed by atoms with Crippen LogP contribution >= 0.6 is 0 Å². The smallest absolute Gasteiger partial charge is 0.123 e. The fraction of sp³-hybridized carbons (Fsp3) is 0.600. The Morgan fingerprint density at radius 2 is 2.17 bits per heavy atom. The summed E-state index contributed by atoms with van der Waals surface area (Å²) in [6.07, 6.45) is 3.79. The third kappa shape index (κ3) is 4.30. The zero-order valence-corrected chi connectivity index (χ0v) is 11.0. The van der Waals surface area contributed by atoms with Crippen LogP contribution in [-0.2, 0) is 0 Å². The quantitative estimate of drug-likeness (QED) is 0.838. The lowest BCUT2D eigenvalue weighted by atomic mass is 9.97. The zero-order valence-electron chi connectivity index (χ0n) is 11.0. The maximum Gasteiger partial charge on any atom is 0.123 e. The van der Waals surface area contributed by atoms with Crippen LogP contribution in [0.5, 0.6) is 5.75 Å². The van der Waals surface area contributed by atoms with Crippen LogP contribution in [0.4, 0.5) is 4.39 Å². The van der Waals surface area contributed by atoms with Gasteiger partial charge in [0.15, 0.2) is 0 Å². The molecule has 0 spiro atoms. The van der Waals surface area contributed by atoms with Gasteiger partial charge in [0.1, 0.15) is 11.6 Å². The highest BCUT2D eigenvalue weighted by atomic mass is 19.1. The van der Waals surface area contributed by atoms with Crippen LogP contribution < -0.4 is 10.1 Å². The first-order chi connectivity index (χ1) is 8.74. The van der Waals surface area contributed by atoms with Gasteiger partial charge in [-0.25, -0.2) is 4.39 Å². The predicted octanol–water partition coefficient (Wildman–Crippen LogP) is 3.23. The molecule has 18 heavy (non-hydrogen) atoms. The summed E-state index contributed by atoms with van der Waals surface area (Å²) >= 11 is 0. The molecule has 1 heterocycles. The molecule has 0 amide bonds. The Morgan fingerprint density at radius 1 is 1.39 bits per heavy atom. The van der Waals surface area contributed by atoms with Crippen molar-refractivity contribution in [3.05, 3.63) is 30.1 Å². The molecule has 0 aromatic heterocycles. The minimum atomic E-state index is -0.218. The van der Waals surface area contributed by atoms with E-state index in [-0.39, 0.29) is 5.82 Å². The van der Waals surface area contributed by atoms with Crippen molar-refractivity contribution >= 4 is 0 Å². The van der Waals surface area contributed by atoms with Crippen molar-refractivity contribution in [2.24, 2.45) is 11.8 Å². The molecule has 1 aliphatic heterocycles. The molecule has 1 N–H and O–H groups in total. The molecule has 3 heteroatoms. The first kappa shape index (κ1) is 13.3. The minimum absolute atomic E-state index is 0.218. The maximum absolute atomic E-state index is 12.7. The number of nitrogens with one attached hydrogen (secondary N) is 1. The van der Waals surface area contributed by atoms with Crippen molar-refractivity contribution in [2.75, 3.05) is 19.7 Å². The van der Waals surface area contributed by atoms with Gasteiger partial charge < -0.3 is 10.1 Å². The Labute approximate surface area is 109 Å². The molecule has 2 rings (SSSR count). The van der Waals surface area contributed by atoms with Gasteiger partial charge >= 0.3 is 0 Å². The summed E-state index contributed by atoms with van der Waals surface area (Å²) in [7, 11) is 0.